The Kier molecular flexibility index (Phi) is 6.32. The van der Waals surface area contributed by atoms with E-state index in [1.54, 1.807) is 42.5 Å². The Labute approximate surface area is 151 Å². The van der Waals surface area contributed by atoms with Crippen LogP contribution in [0.25, 0.3) is 0 Å². The molecule has 136 valence electrons. The summed E-state index contributed by atoms with van der Waals surface area (Å²) < 4.78 is 9.80. The number of nitrogens with zero attached hydrogens (tertiary/aromatic N) is 1. The summed E-state index contributed by atoms with van der Waals surface area (Å²) in [6.45, 7) is 1.20. The topological polar surface area (TPSA) is 84.9 Å². The summed E-state index contributed by atoms with van der Waals surface area (Å²) in [5, 5.41) is 2.67. The van der Waals surface area contributed by atoms with Gasteiger partial charge in [-0.3, -0.25) is 9.59 Å². The number of esters is 1. The fourth-order valence-electron chi connectivity index (χ4n) is 2.35. The molecule has 0 saturated heterocycles. The number of carbonyl (C=O) groups is 3. The number of hydrogen-bond donors (Lipinski definition) is 1. The second-order valence-electron chi connectivity index (χ2n) is 5.43. The lowest BCUT2D eigenvalue weighted by Crippen LogP contribution is -2.36. The molecule has 2 rings (SSSR count). The number of amides is 2. The Hall–Kier alpha value is -3.35. The molecule has 2 aromatic carbocycles. The molecule has 1 N–H and O–H groups in total. The van der Waals surface area contributed by atoms with Gasteiger partial charge in [0.2, 0.25) is 11.8 Å². The van der Waals surface area contributed by atoms with Crippen LogP contribution in [0.2, 0.25) is 0 Å². The Morgan fingerprint density at radius 3 is 2.42 bits per heavy atom. The second-order valence-corrected chi connectivity index (χ2v) is 5.43. The third-order valence-electron chi connectivity index (χ3n) is 3.61. The highest BCUT2D eigenvalue weighted by Gasteiger charge is 2.17. The van der Waals surface area contributed by atoms with Gasteiger partial charge >= 0.3 is 5.97 Å². The molecule has 0 aromatic heterocycles. The first-order chi connectivity index (χ1) is 12.4. The van der Waals surface area contributed by atoms with Gasteiger partial charge in [0.25, 0.3) is 0 Å². The zero-order valence-corrected chi connectivity index (χ0v) is 14.8. The van der Waals surface area contributed by atoms with Gasteiger partial charge in [-0.25, -0.2) is 4.79 Å². The van der Waals surface area contributed by atoms with Crippen molar-refractivity contribution in [3.8, 4) is 5.75 Å². The maximum Gasteiger partial charge on any atom is 0.337 e. The largest absolute Gasteiger partial charge is 0.497 e. The van der Waals surface area contributed by atoms with E-state index in [-0.39, 0.29) is 12.5 Å². The summed E-state index contributed by atoms with van der Waals surface area (Å²) in [4.78, 5) is 37.2. The number of ether oxygens (including phenoxy) is 2. The van der Waals surface area contributed by atoms with Crippen LogP contribution in [0.1, 0.15) is 17.3 Å². The van der Waals surface area contributed by atoms with E-state index in [1.165, 1.54) is 32.1 Å². The predicted molar refractivity (Wildman–Crippen MR) is 97.4 cm³/mol. The second kappa shape index (κ2) is 8.66. The molecule has 26 heavy (non-hydrogen) atoms. The van der Waals surface area contributed by atoms with Crippen molar-refractivity contribution in [2.45, 2.75) is 6.92 Å². The molecule has 0 spiro atoms. The molecule has 0 heterocycles. The van der Waals surface area contributed by atoms with Crippen LogP contribution in [0.15, 0.2) is 48.5 Å². The average molecular weight is 356 g/mol. The van der Waals surface area contributed by atoms with E-state index in [4.69, 9.17) is 4.74 Å². The minimum atomic E-state index is -0.497. The van der Waals surface area contributed by atoms with E-state index < -0.39 is 11.9 Å². The van der Waals surface area contributed by atoms with Crippen molar-refractivity contribution >= 4 is 29.2 Å². The minimum absolute atomic E-state index is 0.176. The van der Waals surface area contributed by atoms with E-state index in [2.05, 4.69) is 10.1 Å². The van der Waals surface area contributed by atoms with Gasteiger partial charge < -0.3 is 19.7 Å². The highest BCUT2D eigenvalue weighted by atomic mass is 16.5. The lowest BCUT2D eigenvalue weighted by molar-refractivity contribution is -0.120. The number of carbonyl (C=O) groups excluding carboxylic acids is 3. The zero-order chi connectivity index (χ0) is 19.1. The van der Waals surface area contributed by atoms with Crippen molar-refractivity contribution in [3.63, 3.8) is 0 Å². The third-order valence-corrected chi connectivity index (χ3v) is 3.61. The van der Waals surface area contributed by atoms with Crippen LogP contribution in [-0.2, 0) is 14.3 Å². The highest BCUT2D eigenvalue weighted by Crippen LogP contribution is 2.21. The molecule has 0 atom stereocenters. The molecule has 7 heteroatoms. The van der Waals surface area contributed by atoms with Crippen LogP contribution in [0.3, 0.4) is 0 Å². The van der Waals surface area contributed by atoms with Gasteiger partial charge in [0, 0.05) is 24.4 Å². The van der Waals surface area contributed by atoms with Crippen molar-refractivity contribution in [2.24, 2.45) is 0 Å². The number of nitrogens with one attached hydrogen (secondary N) is 1. The van der Waals surface area contributed by atoms with Crippen LogP contribution in [0, 0.1) is 0 Å². The molecule has 2 aromatic rings. The molecule has 0 aliphatic rings. The summed E-state index contributed by atoms with van der Waals surface area (Å²) >= 11 is 0. The lowest BCUT2D eigenvalue weighted by Gasteiger charge is -2.21. The SMILES string of the molecule is COC(=O)c1cccc(NC(=O)CN(C(C)=O)c2cccc(OC)c2)c1. The molecule has 7 nitrogen and oxygen atoms in total. The van der Waals surface area contributed by atoms with Gasteiger partial charge in [-0.1, -0.05) is 12.1 Å². The summed E-state index contributed by atoms with van der Waals surface area (Å²) in [6.07, 6.45) is 0. The summed E-state index contributed by atoms with van der Waals surface area (Å²) in [6, 6.07) is 13.2. The zero-order valence-electron chi connectivity index (χ0n) is 14.8. The summed E-state index contributed by atoms with van der Waals surface area (Å²) in [5.41, 5.74) is 1.31. The molecular weight excluding hydrogens is 336 g/mol. The first-order valence-electron chi connectivity index (χ1n) is 7.85. The molecule has 0 saturated carbocycles. The van der Waals surface area contributed by atoms with Crippen molar-refractivity contribution in [1.29, 1.82) is 0 Å². The first-order valence-corrected chi connectivity index (χ1v) is 7.85. The van der Waals surface area contributed by atoms with E-state index >= 15 is 0 Å². The normalized spacial score (nSPS) is 9.96. The van der Waals surface area contributed by atoms with Crippen molar-refractivity contribution < 1.29 is 23.9 Å². The van der Waals surface area contributed by atoms with Crippen LogP contribution in [0.4, 0.5) is 11.4 Å². The van der Waals surface area contributed by atoms with Gasteiger partial charge in [-0.2, -0.15) is 0 Å². The van der Waals surface area contributed by atoms with E-state index in [9.17, 15) is 14.4 Å². The van der Waals surface area contributed by atoms with Crippen LogP contribution < -0.4 is 15.0 Å². The molecule has 0 bridgehead atoms. The van der Waals surface area contributed by atoms with Gasteiger partial charge in [0.05, 0.1) is 19.8 Å². The average Bonchev–Trinajstić information content (AvgIpc) is 2.65. The smallest absolute Gasteiger partial charge is 0.337 e. The Bertz CT molecular complexity index is 819. The van der Waals surface area contributed by atoms with Gasteiger partial charge in [0.1, 0.15) is 12.3 Å². The molecule has 0 fully saturated rings. The molecule has 0 radical (unpaired) electrons. The summed E-state index contributed by atoms with van der Waals surface area (Å²) in [7, 11) is 2.81. The quantitative estimate of drug-likeness (QED) is 0.804. The number of anilines is 2. The third kappa shape index (κ3) is 4.83. The standard InChI is InChI=1S/C19H20N2O5/c1-13(22)21(16-8-5-9-17(11-16)25-2)12-18(23)20-15-7-4-6-14(10-15)19(24)26-3/h4-11H,12H2,1-3H3,(H,20,23). The van der Waals surface area contributed by atoms with Gasteiger partial charge in [0.15, 0.2) is 0 Å². The molecular formula is C19H20N2O5. The molecule has 2 amide bonds. The fourth-order valence-corrected chi connectivity index (χ4v) is 2.35. The highest BCUT2D eigenvalue weighted by molar-refractivity contribution is 6.02. The minimum Gasteiger partial charge on any atom is -0.497 e. The maximum atomic E-state index is 12.4. The number of hydrogen-bond acceptors (Lipinski definition) is 5. The van der Waals surface area contributed by atoms with Crippen molar-refractivity contribution in [2.75, 3.05) is 31.0 Å². The monoisotopic (exact) mass is 356 g/mol. The number of methoxy groups -OCH3 is 2. The molecule has 0 unspecified atom stereocenters. The van der Waals surface area contributed by atoms with Gasteiger partial charge in [-0.05, 0) is 30.3 Å². The lowest BCUT2D eigenvalue weighted by atomic mass is 10.2. The van der Waals surface area contributed by atoms with Gasteiger partial charge in [-0.15, -0.1) is 0 Å². The van der Waals surface area contributed by atoms with E-state index in [0.29, 0.717) is 22.7 Å². The Morgan fingerprint density at radius 1 is 1.04 bits per heavy atom. The number of benzene rings is 2. The van der Waals surface area contributed by atoms with E-state index in [1.807, 2.05) is 0 Å². The predicted octanol–water partition coefficient (Wildman–Crippen LogP) is 2.47. The molecule has 0 aliphatic carbocycles. The maximum absolute atomic E-state index is 12.4. The van der Waals surface area contributed by atoms with Crippen molar-refractivity contribution in [3.05, 3.63) is 54.1 Å². The molecule has 0 aliphatic heterocycles. The number of rotatable bonds is 6. The fraction of sp³-hybridized carbons (Fsp3) is 0.211. The van der Waals surface area contributed by atoms with Crippen molar-refractivity contribution in [1.82, 2.24) is 0 Å². The summed E-state index contributed by atoms with van der Waals surface area (Å²) in [5.74, 6) is -0.593. The Morgan fingerprint density at radius 2 is 1.77 bits per heavy atom. The van der Waals surface area contributed by atoms with E-state index in [0.717, 1.165) is 0 Å². The van der Waals surface area contributed by atoms with Crippen LogP contribution >= 0.6 is 0 Å². The van der Waals surface area contributed by atoms with Crippen LogP contribution in [-0.4, -0.2) is 38.5 Å². The first kappa shape index (κ1) is 19.0. The van der Waals surface area contributed by atoms with Crippen LogP contribution in [0.5, 0.6) is 5.75 Å². The Balaban J connectivity index is 2.13.